The predicted molar refractivity (Wildman–Crippen MR) is 105 cm³/mol. The van der Waals surface area contributed by atoms with Crippen LogP contribution in [0, 0.1) is 6.42 Å². The minimum absolute atomic E-state index is 0.0802. The van der Waals surface area contributed by atoms with Crippen LogP contribution in [0.4, 0.5) is 0 Å². The maximum Gasteiger partial charge on any atom is 0.261 e. The van der Waals surface area contributed by atoms with Crippen LogP contribution in [0.15, 0.2) is 60.7 Å². The second kappa shape index (κ2) is 7.24. The molecular weight excluding hydrogens is 308 g/mol. The highest BCUT2D eigenvalue weighted by Crippen LogP contribution is 2.39. The molecule has 1 fully saturated rings. The van der Waals surface area contributed by atoms with Crippen molar-refractivity contribution in [3.8, 4) is 0 Å². The van der Waals surface area contributed by atoms with Crippen molar-refractivity contribution in [2.75, 3.05) is 0 Å². The summed E-state index contributed by atoms with van der Waals surface area (Å²) in [5.41, 5.74) is 0. The smallest absolute Gasteiger partial charge is 0.261 e. The van der Waals surface area contributed by atoms with Gasteiger partial charge in [-0.15, -0.1) is 0 Å². The first-order chi connectivity index (χ1) is 11.5. The molecule has 127 valence electrons. The van der Waals surface area contributed by atoms with Gasteiger partial charge in [0.05, 0.1) is 0 Å². The summed E-state index contributed by atoms with van der Waals surface area (Å²) in [5, 5.41) is 2.85. The Balaban J connectivity index is 2.13. The summed E-state index contributed by atoms with van der Waals surface area (Å²) in [5.74, 6) is 0. The van der Waals surface area contributed by atoms with Crippen LogP contribution >= 0.6 is 0 Å². The van der Waals surface area contributed by atoms with Gasteiger partial charge in [-0.1, -0.05) is 81.4 Å². The lowest BCUT2D eigenvalue weighted by Gasteiger charge is -2.45. The monoisotopic (exact) mass is 337 g/mol. The SMILES string of the molecule is CC(C)(C)[Si](OC1CC[CH]CC1)(c1ccccc1)c1ccccc1. The Bertz CT molecular complexity index is 585. The summed E-state index contributed by atoms with van der Waals surface area (Å²) in [7, 11) is -2.35. The molecule has 0 saturated heterocycles. The standard InChI is InChI=1S/C22H29OSi/c1-22(2,3)24(20-15-9-5-10-16-20,21-17-11-6-12-18-21)23-19-13-7-4-8-14-19/h4-6,9-12,15-19H,7-8,13-14H2,1-3H3. The van der Waals surface area contributed by atoms with Gasteiger partial charge in [0.25, 0.3) is 8.32 Å². The van der Waals surface area contributed by atoms with Crippen LogP contribution in [0.3, 0.4) is 0 Å². The summed E-state index contributed by atoms with van der Waals surface area (Å²) in [6, 6.07) is 21.9. The van der Waals surface area contributed by atoms with Crippen molar-refractivity contribution < 1.29 is 4.43 Å². The van der Waals surface area contributed by atoms with Gasteiger partial charge in [0.2, 0.25) is 0 Å². The summed E-state index contributed by atoms with van der Waals surface area (Å²) in [6.07, 6.45) is 7.47. The molecule has 0 bridgehead atoms. The van der Waals surface area contributed by atoms with Gasteiger partial charge < -0.3 is 4.43 Å². The number of benzene rings is 2. The summed E-state index contributed by atoms with van der Waals surface area (Å²) >= 11 is 0. The van der Waals surface area contributed by atoms with Crippen molar-refractivity contribution >= 4 is 18.7 Å². The van der Waals surface area contributed by atoms with Crippen LogP contribution in [0.5, 0.6) is 0 Å². The fourth-order valence-corrected chi connectivity index (χ4v) is 8.71. The molecule has 0 aromatic heterocycles. The normalized spacial score (nSPS) is 17.0. The topological polar surface area (TPSA) is 9.23 Å². The second-order valence-corrected chi connectivity index (χ2v) is 12.1. The van der Waals surface area contributed by atoms with Crippen molar-refractivity contribution in [1.29, 1.82) is 0 Å². The van der Waals surface area contributed by atoms with E-state index in [1.54, 1.807) is 0 Å². The van der Waals surface area contributed by atoms with Gasteiger partial charge in [-0.2, -0.15) is 0 Å². The van der Waals surface area contributed by atoms with E-state index >= 15 is 0 Å². The lowest BCUT2D eigenvalue weighted by atomic mass is 9.98. The summed E-state index contributed by atoms with van der Waals surface area (Å²) in [4.78, 5) is 0. The Morgan fingerprint density at radius 1 is 0.792 bits per heavy atom. The molecule has 1 aliphatic rings. The molecule has 0 aliphatic heterocycles. The molecule has 0 unspecified atom stereocenters. The fraction of sp³-hybridized carbons (Fsp3) is 0.409. The van der Waals surface area contributed by atoms with Gasteiger partial charge in [-0.05, 0) is 47.5 Å². The minimum atomic E-state index is -2.35. The fourth-order valence-electron chi connectivity index (χ4n) is 3.96. The van der Waals surface area contributed by atoms with Gasteiger partial charge in [-0.3, -0.25) is 0 Å². The molecule has 0 heterocycles. The molecule has 2 heteroatoms. The Hall–Kier alpha value is -1.38. The van der Waals surface area contributed by atoms with Crippen molar-refractivity contribution in [3.63, 3.8) is 0 Å². The van der Waals surface area contributed by atoms with E-state index in [9.17, 15) is 0 Å². The zero-order chi connectivity index (χ0) is 17.0. The first-order valence-electron chi connectivity index (χ1n) is 9.14. The Morgan fingerprint density at radius 2 is 1.25 bits per heavy atom. The lowest BCUT2D eigenvalue weighted by Crippen LogP contribution is -2.67. The van der Waals surface area contributed by atoms with Crippen molar-refractivity contribution in [2.45, 2.75) is 57.6 Å². The van der Waals surface area contributed by atoms with Gasteiger partial charge in [-0.25, -0.2) is 0 Å². The molecule has 0 atom stereocenters. The average molecular weight is 338 g/mol. The largest absolute Gasteiger partial charge is 0.404 e. The quantitative estimate of drug-likeness (QED) is 0.734. The maximum absolute atomic E-state index is 7.13. The van der Waals surface area contributed by atoms with Gasteiger partial charge >= 0.3 is 0 Å². The first-order valence-corrected chi connectivity index (χ1v) is 11.1. The van der Waals surface area contributed by atoms with E-state index < -0.39 is 8.32 Å². The third-order valence-electron chi connectivity index (χ3n) is 5.15. The van der Waals surface area contributed by atoms with Crippen molar-refractivity contribution in [1.82, 2.24) is 0 Å². The highest BCUT2D eigenvalue weighted by molar-refractivity contribution is 6.99. The summed E-state index contributed by atoms with van der Waals surface area (Å²) in [6.45, 7) is 7.07. The molecule has 3 rings (SSSR count). The minimum Gasteiger partial charge on any atom is -0.404 e. The van der Waals surface area contributed by atoms with Crippen LogP contribution in [0.25, 0.3) is 0 Å². The van der Waals surface area contributed by atoms with Gasteiger partial charge in [0.15, 0.2) is 0 Å². The molecule has 1 saturated carbocycles. The molecule has 0 N–H and O–H groups in total. The Labute approximate surface area is 148 Å². The maximum atomic E-state index is 7.13. The van der Waals surface area contributed by atoms with E-state index in [1.807, 2.05) is 0 Å². The highest BCUT2D eigenvalue weighted by atomic mass is 28.4. The number of hydrogen-bond donors (Lipinski definition) is 0. The van der Waals surface area contributed by atoms with Crippen molar-refractivity contribution in [2.24, 2.45) is 0 Å². The average Bonchev–Trinajstić information content (AvgIpc) is 2.61. The first kappa shape index (κ1) is 17.4. The van der Waals surface area contributed by atoms with E-state index in [-0.39, 0.29) is 5.04 Å². The van der Waals surface area contributed by atoms with Crippen LogP contribution in [0.2, 0.25) is 5.04 Å². The zero-order valence-electron chi connectivity index (χ0n) is 15.2. The zero-order valence-corrected chi connectivity index (χ0v) is 16.2. The van der Waals surface area contributed by atoms with E-state index in [0.29, 0.717) is 6.10 Å². The molecule has 1 nitrogen and oxygen atoms in total. The van der Waals surface area contributed by atoms with Crippen LogP contribution in [0.1, 0.15) is 46.5 Å². The van der Waals surface area contributed by atoms with E-state index in [1.165, 1.54) is 23.2 Å². The molecule has 2 aromatic rings. The second-order valence-electron chi connectivity index (χ2n) is 7.85. The molecule has 24 heavy (non-hydrogen) atoms. The van der Waals surface area contributed by atoms with E-state index in [2.05, 4.69) is 87.9 Å². The number of rotatable bonds is 4. The molecule has 2 aromatic carbocycles. The van der Waals surface area contributed by atoms with Gasteiger partial charge in [0.1, 0.15) is 0 Å². The third kappa shape index (κ3) is 3.36. The molecular formula is C22H29OSi. The van der Waals surface area contributed by atoms with Crippen LogP contribution in [-0.4, -0.2) is 14.4 Å². The molecule has 0 amide bonds. The summed E-state index contributed by atoms with van der Waals surface area (Å²) < 4.78 is 7.13. The Morgan fingerprint density at radius 3 is 1.67 bits per heavy atom. The predicted octanol–water partition coefficient (Wildman–Crippen LogP) is 4.71. The molecule has 1 radical (unpaired) electrons. The third-order valence-corrected chi connectivity index (χ3v) is 10.2. The lowest BCUT2D eigenvalue weighted by molar-refractivity contribution is 0.155. The van der Waals surface area contributed by atoms with E-state index in [4.69, 9.17) is 4.43 Å². The van der Waals surface area contributed by atoms with Crippen molar-refractivity contribution in [3.05, 3.63) is 67.1 Å². The van der Waals surface area contributed by atoms with E-state index in [0.717, 1.165) is 12.8 Å². The van der Waals surface area contributed by atoms with Gasteiger partial charge in [0, 0.05) is 6.10 Å². The number of hydrogen-bond acceptors (Lipinski definition) is 1. The molecule has 1 aliphatic carbocycles. The van der Waals surface area contributed by atoms with Crippen LogP contribution < -0.4 is 10.4 Å². The van der Waals surface area contributed by atoms with Crippen LogP contribution in [-0.2, 0) is 4.43 Å². The highest BCUT2D eigenvalue weighted by Gasteiger charge is 2.51. The Kier molecular flexibility index (Phi) is 5.26. The molecule has 0 spiro atoms.